The van der Waals surface area contributed by atoms with E-state index in [-0.39, 0.29) is 37.1 Å². The Morgan fingerprint density at radius 2 is 0.551 bits per heavy atom. The third-order valence-corrected chi connectivity index (χ3v) is 5.62. The molecule has 0 radical (unpaired) electrons. The zero-order valence-electron chi connectivity index (χ0n) is 33.5. The topological polar surface area (TPSA) is 0 Å². The lowest BCUT2D eigenvalue weighted by Gasteiger charge is -2.22. The van der Waals surface area contributed by atoms with Crippen molar-refractivity contribution >= 4 is 0 Å². The van der Waals surface area contributed by atoms with Gasteiger partial charge in [-0.2, -0.15) is 0 Å². The summed E-state index contributed by atoms with van der Waals surface area (Å²) in [7, 11) is 0. The molecule has 4 rings (SSSR count). The van der Waals surface area contributed by atoms with Crippen molar-refractivity contribution in [3.05, 3.63) is 107 Å². The van der Waals surface area contributed by atoms with Crippen LogP contribution in [0.1, 0.15) is 202 Å². The molecule has 0 aliphatic heterocycles. The third-order valence-electron chi connectivity index (χ3n) is 5.62. The zero-order chi connectivity index (χ0) is 35.6. The highest BCUT2D eigenvalue weighted by atomic mass is 14.2. The van der Waals surface area contributed by atoms with Crippen LogP contribution in [-0.2, 0) is 6.42 Å². The van der Waals surface area contributed by atoms with Gasteiger partial charge in [0.2, 0.25) is 0 Å². The fourth-order valence-corrected chi connectivity index (χ4v) is 3.46. The van der Waals surface area contributed by atoms with Gasteiger partial charge in [0.25, 0.3) is 0 Å². The van der Waals surface area contributed by atoms with E-state index in [0.717, 1.165) is 18.3 Å². The van der Waals surface area contributed by atoms with E-state index in [1.54, 1.807) is 0 Å². The van der Waals surface area contributed by atoms with Gasteiger partial charge in [-0.15, -0.1) is 0 Å². The standard InChI is InChI=1S/C15H16.C8H16.C6H6.C3H8.6C2H6.5CH4/c1-12-3-7-14(8-4-12)11-15-9-5-13(2)6-10-15;1-7-3-5-8(2)6-4-7;1-2-4-6-5-3-1;1-3-2;6*1-2;;;;;/h3-10H,11H2,1-2H3;7-8H,3-6H2,1-2H3;1-6H;3H2,1-2H3;6*1-2H3;5*1H4. The molecular weight excluding hydrogens is 589 g/mol. The molecule has 1 aliphatic carbocycles. The Hall–Kier alpha value is -2.34. The summed E-state index contributed by atoms with van der Waals surface area (Å²) in [5.74, 6) is 2.04. The van der Waals surface area contributed by atoms with Gasteiger partial charge in [-0.25, -0.2) is 0 Å². The Morgan fingerprint density at radius 3 is 0.714 bits per heavy atom. The Morgan fingerprint density at radius 1 is 0.388 bits per heavy atom. The van der Waals surface area contributed by atoms with Gasteiger partial charge in [0.15, 0.2) is 0 Å². The van der Waals surface area contributed by atoms with Crippen LogP contribution in [0.25, 0.3) is 0 Å². The van der Waals surface area contributed by atoms with Gasteiger partial charge in [0, 0.05) is 0 Å². The van der Waals surface area contributed by atoms with Gasteiger partial charge in [-0.05, 0) is 43.2 Å². The molecule has 0 heterocycles. The molecule has 49 heavy (non-hydrogen) atoms. The number of rotatable bonds is 2. The van der Waals surface area contributed by atoms with E-state index in [1.165, 1.54) is 54.4 Å². The van der Waals surface area contributed by atoms with Gasteiger partial charge in [-0.1, -0.05) is 276 Å². The summed E-state index contributed by atoms with van der Waals surface area (Å²) in [6.07, 6.45) is 8.17. The van der Waals surface area contributed by atoms with Gasteiger partial charge in [0.05, 0.1) is 0 Å². The van der Waals surface area contributed by atoms with Crippen LogP contribution in [-0.4, -0.2) is 0 Å². The summed E-state index contributed by atoms with van der Waals surface area (Å²) in [6, 6.07) is 29.5. The number of hydrogen-bond donors (Lipinski definition) is 0. The molecule has 0 amide bonds. The summed E-state index contributed by atoms with van der Waals surface area (Å²) in [4.78, 5) is 0. The quantitative estimate of drug-likeness (QED) is 0.251. The van der Waals surface area contributed by atoms with Crippen LogP contribution in [0.5, 0.6) is 0 Å². The molecule has 0 heteroatoms. The second-order valence-corrected chi connectivity index (χ2v) is 9.37. The summed E-state index contributed by atoms with van der Waals surface area (Å²) in [5.41, 5.74) is 5.40. The first-order chi connectivity index (χ1) is 21.4. The molecule has 0 bridgehead atoms. The van der Waals surface area contributed by atoms with E-state index < -0.39 is 0 Å². The molecule has 0 spiro atoms. The second-order valence-electron chi connectivity index (χ2n) is 9.37. The fourth-order valence-electron chi connectivity index (χ4n) is 3.46. The highest BCUT2D eigenvalue weighted by Crippen LogP contribution is 2.27. The van der Waals surface area contributed by atoms with Crippen molar-refractivity contribution in [1.29, 1.82) is 0 Å². The summed E-state index contributed by atoms with van der Waals surface area (Å²) < 4.78 is 0. The van der Waals surface area contributed by atoms with Gasteiger partial charge >= 0.3 is 0 Å². The average molecular weight is 691 g/mol. The molecule has 298 valence electrons. The lowest BCUT2D eigenvalue weighted by atomic mass is 9.84. The molecule has 1 saturated carbocycles. The van der Waals surface area contributed by atoms with Crippen molar-refractivity contribution in [2.45, 2.75) is 200 Å². The fraction of sp³-hybridized carbons (Fsp3) is 0.633. The maximum absolute atomic E-state index is 2.37. The Bertz CT molecular complexity index is 695. The third kappa shape index (κ3) is 61.4. The number of aryl methyl sites for hydroxylation is 2. The van der Waals surface area contributed by atoms with Crippen LogP contribution in [0, 0.1) is 25.7 Å². The molecular formula is C49H102. The van der Waals surface area contributed by atoms with E-state index in [4.69, 9.17) is 0 Å². The van der Waals surface area contributed by atoms with Crippen LogP contribution in [0.15, 0.2) is 84.9 Å². The normalized spacial score (nSPS) is 11.7. The molecule has 0 saturated heterocycles. The lowest BCUT2D eigenvalue weighted by molar-refractivity contribution is 0.308. The van der Waals surface area contributed by atoms with Crippen molar-refractivity contribution in [3.8, 4) is 0 Å². The van der Waals surface area contributed by atoms with E-state index in [9.17, 15) is 0 Å². The predicted molar refractivity (Wildman–Crippen MR) is 246 cm³/mol. The maximum Gasteiger partial charge on any atom is -0.00258 e. The molecule has 0 N–H and O–H groups in total. The van der Waals surface area contributed by atoms with Crippen molar-refractivity contribution < 1.29 is 0 Å². The van der Waals surface area contributed by atoms with Crippen molar-refractivity contribution in [3.63, 3.8) is 0 Å². The van der Waals surface area contributed by atoms with Crippen molar-refractivity contribution in [2.24, 2.45) is 11.8 Å². The van der Waals surface area contributed by atoms with Crippen LogP contribution in [0.3, 0.4) is 0 Å². The van der Waals surface area contributed by atoms with Gasteiger partial charge in [0.1, 0.15) is 0 Å². The maximum atomic E-state index is 2.37. The SMILES string of the molecule is C.C.C.C.C.CC.CC.CC.CC.CC.CC.CC1CCC(C)CC1.CCC.Cc1ccc(Cc2ccc(C)cc2)cc1.c1ccccc1. The molecule has 0 nitrogen and oxygen atoms in total. The lowest BCUT2D eigenvalue weighted by Crippen LogP contribution is -2.08. The molecule has 0 aromatic heterocycles. The highest BCUT2D eigenvalue weighted by Gasteiger charge is 2.13. The summed E-state index contributed by atoms with van der Waals surface area (Å²) >= 11 is 0. The zero-order valence-corrected chi connectivity index (χ0v) is 33.5. The monoisotopic (exact) mass is 691 g/mol. The van der Waals surface area contributed by atoms with E-state index >= 15 is 0 Å². The number of benzene rings is 3. The number of hydrogen-bond acceptors (Lipinski definition) is 0. The van der Waals surface area contributed by atoms with E-state index in [2.05, 4.69) is 90.1 Å². The van der Waals surface area contributed by atoms with Crippen molar-refractivity contribution in [1.82, 2.24) is 0 Å². The molecule has 3 aromatic carbocycles. The minimum absolute atomic E-state index is 0. The first-order valence-electron chi connectivity index (χ1n) is 18.6. The largest absolute Gasteiger partial charge is 0.0776 e. The minimum Gasteiger partial charge on any atom is -0.0776 e. The predicted octanol–water partition coefficient (Wildman–Crippen LogP) is 19.2. The van der Waals surface area contributed by atoms with E-state index in [1.807, 2.05) is 119 Å². The summed E-state index contributed by atoms with van der Waals surface area (Å²) in [5, 5.41) is 0. The smallest absolute Gasteiger partial charge is 0.00258 e. The van der Waals surface area contributed by atoms with Crippen LogP contribution >= 0.6 is 0 Å². The van der Waals surface area contributed by atoms with Crippen LogP contribution < -0.4 is 0 Å². The minimum atomic E-state index is 0. The van der Waals surface area contributed by atoms with Gasteiger partial charge in [-0.3, -0.25) is 0 Å². The highest BCUT2D eigenvalue weighted by molar-refractivity contribution is 5.29. The van der Waals surface area contributed by atoms with E-state index in [0.29, 0.717) is 0 Å². The second kappa shape index (κ2) is 71.6. The van der Waals surface area contributed by atoms with Gasteiger partial charge < -0.3 is 0 Å². The van der Waals surface area contributed by atoms with Crippen LogP contribution in [0.4, 0.5) is 0 Å². The summed E-state index contributed by atoms with van der Waals surface area (Å²) in [6.45, 7) is 37.2. The average Bonchev–Trinajstić information content (AvgIpc) is 3.12. The molecule has 0 atom stereocenters. The van der Waals surface area contributed by atoms with Crippen molar-refractivity contribution in [2.75, 3.05) is 0 Å². The first kappa shape index (κ1) is 76.5. The Balaban J connectivity index is -0.0000000412. The molecule has 0 unspecified atom stereocenters. The molecule has 3 aromatic rings. The van der Waals surface area contributed by atoms with Crippen LogP contribution in [0.2, 0.25) is 0 Å². The Kier molecular flexibility index (Phi) is 112. The first-order valence-corrected chi connectivity index (χ1v) is 18.6. The Labute approximate surface area is 318 Å². The molecule has 1 aliphatic rings. The molecule has 1 fully saturated rings.